The van der Waals surface area contributed by atoms with E-state index in [1.54, 1.807) is 25.1 Å². The maximum atomic E-state index is 12.2. The van der Waals surface area contributed by atoms with Crippen LogP contribution in [0.4, 0.5) is 0 Å². The van der Waals surface area contributed by atoms with Gasteiger partial charge in [0.05, 0.1) is 11.4 Å². The lowest BCUT2D eigenvalue weighted by Crippen LogP contribution is -2.36. The average Bonchev–Trinajstić information content (AvgIpc) is 2.90. The maximum Gasteiger partial charge on any atom is 0.263 e. The zero-order valence-corrected chi connectivity index (χ0v) is 15.9. The summed E-state index contributed by atoms with van der Waals surface area (Å²) in [5.41, 5.74) is 1.62. The van der Waals surface area contributed by atoms with E-state index in [-0.39, 0.29) is 16.6 Å². The smallest absolute Gasteiger partial charge is 0.263 e. The third-order valence-electron chi connectivity index (χ3n) is 4.06. The highest BCUT2D eigenvalue weighted by Gasteiger charge is 2.31. The zero-order valence-electron chi connectivity index (χ0n) is 15.1. The van der Waals surface area contributed by atoms with Crippen LogP contribution in [0.3, 0.4) is 0 Å². The summed E-state index contributed by atoms with van der Waals surface area (Å²) < 4.78 is 32.1. The first kappa shape index (κ1) is 18.9. The number of benzene rings is 2. The van der Waals surface area contributed by atoms with Gasteiger partial charge in [0, 0.05) is 5.56 Å². The topological polar surface area (TPSA) is 96.9 Å². The van der Waals surface area contributed by atoms with Crippen molar-refractivity contribution in [1.82, 2.24) is 10.0 Å². The van der Waals surface area contributed by atoms with Gasteiger partial charge in [0.15, 0.2) is 0 Å². The fraction of sp³-hybridized carbons (Fsp3) is 0.263. The molecule has 0 aromatic heterocycles. The maximum absolute atomic E-state index is 12.2. The number of rotatable bonds is 6. The molecule has 0 radical (unpaired) electrons. The van der Waals surface area contributed by atoms with Gasteiger partial charge in [-0.3, -0.25) is 14.5 Å². The Balaban J connectivity index is 1.55. The van der Waals surface area contributed by atoms with Gasteiger partial charge in [0.2, 0.25) is 5.91 Å². The molecule has 142 valence electrons. The van der Waals surface area contributed by atoms with Crippen molar-refractivity contribution >= 4 is 21.8 Å². The molecule has 0 bridgehead atoms. The Bertz CT molecular complexity index is 969. The Labute approximate surface area is 158 Å². The van der Waals surface area contributed by atoms with Crippen molar-refractivity contribution in [3.63, 3.8) is 0 Å². The molecule has 1 aliphatic heterocycles. The minimum Gasteiger partial charge on any atom is -0.492 e. The van der Waals surface area contributed by atoms with Crippen LogP contribution in [0.25, 0.3) is 0 Å². The predicted octanol–water partition coefficient (Wildman–Crippen LogP) is 1.62. The fourth-order valence-electron chi connectivity index (χ4n) is 2.61. The average molecular weight is 387 g/mol. The van der Waals surface area contributed by atoms with E-state index in [1.807, 2.05) is 31.2 Å². The number of hydrogen-bond acceptors (Lipinski definition) is 5. The van der Waals surface area contributed by atoms with Gasteiger partial charge >= 0.3 is 0 Å². The van der Waals surface area contributed by atoms with Crippen LogP contribution in [-0.2, 0) is 14.8 Å². The quantitative estimate of drug-likeness (QED) is 0.736. The Morgan fingerprint density at radius 1 is 1.19 bits per heavy atom. The van der Waals surface area contributed by atoms with Crippen LogP contribution in [0.1, 0.15) is 18.1 Å². The molecule has 0 aliphatic carbocycles. The number of hydrogen-bond donors (Lipinski definition) is 2. The Morgan fingerprint density at radius 3 is 2.63 bits per heavy atom. The lowest BCUT2D eigenvalue weighted by Gasteiger charge is -2.11. The summed E-state index contributed by atoms with van der Waals surface area (Å²) >= 11 is 0. The Kier molecular flexibility index (Phi) is 5.46. The molecule has 1 atom stereocenters. The SMILES string of the molecule is Cc1ccc(OCCNC(=O)[C@H](C)N=C2NS(=O)(=O)c3ccccc32)cc1. The summed E-state index contributed by atoms with van der Waals surface area (Å²) in [4.78, 5) is 16.6. The highest BCUT2D eigenvalue weighted by Crippen LogP contribution is 2.22. The van der Waals surface area contributed by atoms with Crippen molar-refractivity contribution in [2.24, 2.45) is 4.99 Å². The van der Waals surface area contributed by atoms with Gasteiger partial charge in [-0.05, 0) is 38.1 Å². The van der Waals surface area contributed by atoms with E-state index >= 15 is 0 Å². The number of fused-ring (bicyclic) bond motifs is 1. The monoisotopic (exact) mass is 387 g/mol. The van der Waals surface area contributed by atoms with E-state index in [9.17, 15) is 13.2 Å². The molecular weight excluding hydrogens is 366 g/mol. The molecule has 0 unspecified atom stereocenters. The summed E-state index contributed by atoms with van der Waals surface area (Å²) in [7, 11) is -3.61. The number of nitrogens with zero attached hydrogens (tertiary/aromatic N) is 1. The lowest BCUT2D eigenvalue weighted by molar-refractivity contribution is -0.122. The van der Waals surface area contributed by atoms with E-state index in [2.05, 4.69) is 15.0 Å². The first-order valence-electron chi connectivity index (χ1n) is 8.54. The molecular formula is C19H21N3O4S. The second-order valence-corrected chi connectivity index (χ2v) is 7.86. The van der Waals surface area contributed by atoms with Crippen LogP contribution in [0.5, 0.6) is 5.75 Å². The molecule has 2 aromatic rings. The number of amidine groups is 1. The highest BCUT2D eigenvalue weighted by molar-refractivity contribution is 7.90. The number of carbonyl (C=O) groups is 1. The van der Waals surface area contributed by atoms with Crippen molar-refractivity contribution in [2.45, 2.75) is 24.8 Å². The van der Waals surface area contributed by atoms with Crippen molar-refractivity contribution in [3.8, 4) is 5.75 Å². The first-order chi connectivity index (χ1) is 12.9. The van der Waals surface area contributed by atoms with Gasteiger partial charge in [-0.15, -0.1) is 0 Å². The van der Waals surface area contributed by atoms with Crippen LogP contribution in [0.2, 0.25) is 0 Å². The molecule has 2 N–H and O–H groups in total. The number of nitrogens with one attached hydrogen (secondary N) is 2. The number of ether oxygens (including phenoxy) is 1. The van der Waals surface area contributed by atoms with Gasteiger partial charge in [0.25, 0.3) is 10.0 Å². The van der Waals surface area contributed by atoms with E-state index in [0.717, 1.165) is 11.3 Å². The second-order valence-electron chi connectivity index (χ2n) is 6.21. The number of sulfonamides is 1. The summed E-state index contributed by atoms with van der Waals surface area (Å²) in [6.45, 7) is 4.26. The molecule has 3 rings (SSSR count). The lowest BCUT2D eigenvalue weighted by atomic mass is 10.2. The largest absolute Gasteiger partial charge is 0.492 e. The summed E-state index contributed by atoms with van der Waals surface area (Å²) in [5.74, 6) is 0.614. The number of aliphatic imine (C=N–C) groups is 1. The molecule has 1 heterocycles. The molecule has 0 fully saturated rings. The standard InChI is InChI=1S/C19H21N3O4S/c1-13-7-9-15(10-8-13)26-12-11-20-19(23)14(2)21-18-16-5-3-4-6-17(16)27(24,25)22-18/h3-10,14H,11-12H2,1-2H3,(H,20,23)(H,21,22)/t14-/m0/s1. The van der Waals surface area contributed by atoms with Crippen LogP contribution >= 0.6 is 0 Å². The summed E-state index contributed by atoms with van der Waals surface area (Å²) in [5, 5.41) is 2.73. The third kappa shape index (κ3) is 4.46. The predicted molar refractivity (Wildman–Crippen MR) is 102 cm³/mol. The number of carbonyl (C=O) groups excluding carboxylic acids is 1. The Morgan fingerprint density at radius 2 is 1.89 bits per heavy atom. The molecule has 1 amide bonds. The van der Waals surface area contributed by atoms with Crippen LogP contribution in [0, 0.1) is 6.92 Å². The summed E-state index contributed by atoms with van der Waals surface area (Å²) in [6, 6.07) is 13.4. The second kappa shape index (κ2) is 7.79. The Hall–Kier alpha value is -2.87. The first-order valence-corrected chi connectivity index (χ1v) is 10.0. The van der Waals surface area contributed by atoms with Crippen LogP contribution in [0.15, 0.2) is 58.4 Å². The van der Waals surface area contributed by atoms with E-state index in [0.29, 0.717) is 18.7 Å². The van der Waals surface area contributed by atoms with Crippen molar-refractivity contribution in [1.29, 1.82) is 0 Å². The molecule has 0 spiro atoms. The zero-order chi connectivity index (χ0) is 19.4. The van der Waals surface area contributed by atoms with Crippen molar-refractivity contribution in [3.05, 3.63) is 59.7 Å². The highest BCUT2D eigenvalue weighted by atomic mass is 32.2. The molecule has 2 aromatic carbocycles. The van der Waals surface area contributed by atoms with Crippen LogP contribution < -0.4 is 14.8 Å². The van der Waals surface area contributed by atoms with Gasteiger partial charge in [0.1, 0.15) is 24.2 Å². The van der Waals surface area contributed by atoms with E-state index < -0.39 is 16.1 Å². The van der Waals surface area contributed by atoms with E-state index in [4.69, 9.17) is 4.74 Å². The van der Waals surface area contributed by atoms with Gasteiger partial charge in [-0.1, -0.05) is 29.8 Å². The molecule has 7 nitrogen and oxygen atoms in total. The van der Waals surface area contributed by atoms with Gasteiger partial charge < -0.3 is 10.1 Å². The summed E-state index contributed by atoms with van der Waals surface area (Å²) in [6.07, 6.45) is 0. The molecule has 8 heteroatoms. The van der Waals surface area contributed by atoms with Crippen LogP contribution in [-0.4, -0.2) is 39.4 Å². The number of amides is 1. The number of aryl methyl sites for hydroxylation is 1. The molecule has 0 saturated heterocycles. The van der Waals surface area contributed by atoms with E-state index in [1.165, 1.54) is 6.07 Å². The van der Waals surface area contributed by atoms with Crippen molar-refractivity contribution < 1.29 is 17.9 Å². The van der Waals surface area contributed by atoms with Crippen molar-refractivity contribution in [2.75, 3.05) is 13.2 Å². The molecule has 27 heavy (non-hydrogen) atoms. The molecule has 1 aliphatic rings. The third-order valence-corrected chi connectivity index (χ3v) is 5.45. The normalized spacial score (nSPS) is 17.0. The molecule has 0 saturated carbocycles. The minimum absolute atomic E-state index is 0.169. The van der Waals surface area contributed by atoms with Gasteiger partial charge in [-0.25, -0.2) is 8.42 Å². The fourth-order valence-corrected chi connectivity index (χ4v) is 3.85. The van der Waals surface area contributed by atoms with Gasteiger partial charge in [-0.2, -0.15) is 0 Å². The minimum atomic E-state index is -3.61.